The van der Waals surface area contributed by atoms with Gasteiger partial charge >= 0.3 is 0 Å². The fourth-order valence-electron chi connectivity index (χ4n) is 10.1. The first-order valence-corrected chi connectivity index (χ1v) is 21.0. The van der Waals surface area contributed by atoms with E-state index in [-0.39, 0.29) is 12.0 Å². The maximum atomic E-state index is 3.92. The number of hydrogen-bond donors (Lipinski definition) is 1. The standard InChI is InChI=1S/C57H49N/c1-39-17-12-13-26-49(39)53-36-44(30-29-40(53)2)50-34-32-48(58-47-24-10-5-11-25-47)38-54(50)43-19-16-18-41(35-43)42-31-33-52-51-27-14-15-28-55(51)57(56(52)37-42,45-20-6-3-7-21-45)46-22-8-4-9-23-46/h3-10,12-24,26-34,36-37,41,48,58H,11,25,35,38H2,1-2H3. The lowest BCUT2D eigenvalue weighted by atomic mass is 9.67. The van der Waals surface area contributed by atoms with E-state index >= 15 is 0 Å². The molecule has 4 aliphatic rings. The first kappa shape index (κ1) is 35.9. The van der Waals surface area contributed by atoms with Gasteiger partial charge in [0.05, 0.1) is 5.41 Å². The Balaban J connectivity index is 1.06. The Hall–Kier alpha value is -6.44. The Bertz CT molecular complexity index is 2680. The van der Waals surface area contributed by atoms with E-state index in [1.54, 1.807) is 0 Å². The number of rotatable bonds is 8. The van der Waals surface area contributed by atoms with Gasteiger partial charge in [0.1, 0.15) is 0 Å². The fourth-order valence-corrected chi connectivity index (χ4v) is 10.1. The van der Waals surface area contributed by atoms with Crippen LogP contribution in [0.25, 0.3) is 27.8 Å². The lowest BCUT2D eigenvalue weighted by Gasteiger charge is -2.34. The summed E-state index contributed by atoms with van der Waals surface area (Å²) in [4.78, 5) is 0. The number of fused-ring (bicyclic) bond motifs is 3. The van der Waals surface area contributed by atoms with Crippen LogP contribution in [0.4, 0.5) is 0 Å². The van der Waals surface area contributed by atoms with E-state index < -0.39 is 5.41 Å². The van der Waals surface area contributed by atoms with Crippen molar-refractivity contribution in [3.05, 3.63) is 256 Å². The number of hydrogen-bond acceptors (Lipinski definition) is 1. The minimum Gasteiger partial charge on any atom is -0.382 e. The number of aryl methyl sites for hydroxylation is 2. The number of benzene rings is 6. The van der Waals surface area contributed by atoms with E-state index in [9.17, 15) is 0 Å². The highest BCUT2D eigenvalue weighted by Crippen LogP contribution is 2.56. The molecule has 1 N–H and O–H groups in total. The average Bonchev–Trinajstić information content (AvgIpc) is 3.58. The highest BCUT2D eigenvalue weighted by Gasteiger charge is 2.46. The third kappa shape index (κ3) is 6.27. The summed E-state index contributed by atoms with van der Waals surface area (Å²) in [7, 11) is 0. The molecule has 10 rings (SSSR count). The SMILES string of the molecule is Cc1ccccc1-c1cc(C2=C(C3=CC=CC(c4ccc5c(c4)C(c4ccccc4)(c4ccccc4)c4ccccc4-5)C3)CC(NC3=CC=CCC3)C=C2)ccc1C. The molecule has 2 unspecified atom stereocenters. The van der Waals surface area contributed by atoms with Gasteiger partial charge in [-0.05, 0) is 135 Å². The van der Waals surface area contributed by atoms with Crippen LogP contribution in [0.2, 0.25) is 0 Å². The largest absolute Gasteiger partial charge is 0.382 e. The van der Waals surface area contributed by atoms with Gasteiger partial charge in [0.15, 0.2) is 0 Å². The zero-order chi connectivity index (χ0) is 39.1. The third-order valence-corrected chi connectivity index (χ3v) is 13.0. The van der Waals surface area contributed by atoms with Crippen molar-refractivity contribution in [1.82, 2.24) is 5.32 Å². The first-order chi connectivity index (χ1) is 28.6. The van der Waals surface area contributed by atoms with Crippen LogP contribution < -0.4 is 5.32 Å². The van der Waals surface area contributed by atoms with E-state index in [1.165, 1.54) is 89.2 Å². The quantitative estimate of drug-likeness (QED) is 0.163. The van der Waals surface area contributed by atoms with E-state index in [0.29, 0.717) is 0 Å². The molecule has 0 aliphatic heterocycles. The average molecular weight is 748 g/mol. The topological polar surface area (TPSA) is 12.0 Å². The molecule has 6 aromatic carbocycles. The van der Waals surface area contributed by atoms with Crippen molar-refractivity contribution >= 4 is 5.57 Å². The smallest absolute Gasteiger partial charge is 0.0713 e. The predicted octanol–water partition coefficient (Wildman–Crippen LogP) is 13.9. The van der Waals surface area contributed by atoms with Crippen molar-refractivity contribution in [2.24, 2.45) is 0 Å². The molecule has 0 fully saturated rings. The molecule has 282 valence electrons. The van der Waals surface area contributed by atoms with E-state index in [0.717, 1.165) is 25.7 Å². The molecule has 0 radical (unpaired) electrons. The van der Waals surface area contributed by atoms with E-state index in [1.807, 2.05) is 0 Å². The molecule has 1 heteroatoms. The van der Waals surface area contributed by atoms with Crippen LogP contribution >= 0.6 is 0 Å². The second-order valence-electron chi connectivity index (χ2n) is 16.4. The van der Waals surface area contributed by atoms with Gasteiger partial charge in [0.25, 0.3) is 0 Å². The van der Waals surface area contributed by atoms with Crippen LogP contribution in [0.3, 0.4) is 0 Å². The van der Waals surface area contributed by atoms with Gasteiger partial charge in [-0.2, -0.15) is 0 Å². The van der Waals surface area contributed by atoms with Gasteiger partial charge in [-0.15, -0.1) is 0 Å². The van der Waals surface area contributed by atoms with Crippen molar-refractivity contribution in [3.63, 3.8) is 0 Å². The number of allylic oxidation sites excluding steroid dienone is 10. The molecule has 4 aliphatic carbocycles. The summed E-state index contributed by atoms with van der Waals surface area (Å²) < 4.78 is 0. The fraction of sp³-hybridized carbons (Fsp3) is 0.158. The van der Waals surface area contributed by atoms with Crippen LogP contribution in [0.15, 0.2) is 211 Å². The van der Waals surface area contributed by atoms with Crippen LogP contribution in [-0.2, 0) is 5.41 Å². The van der Waals surface area contributed by atoms with Crippen molar-refractivity contribution in [2.45, 2.75) is 56.9 Å². The monoisotopic (exact) mass is 747 g/mol. The van der Waals surface area contributed by atoms with Crippen LogP contribution in [0.5, 0.6) is 0 Å². The summed E-state index contributed by atoms with van der Waals surface area (Å²) in [6.07, 6.45) is 22.7. The molecule has 0 saturated carbocycles. The molecule has 0 bridgehead atoms. The van der Waals surface area contributed by atoms with Crippen LogP contribution in [0.1, 0.15) is 76.1 Å². The minimum atomic E-state index is -0.409. The Kier molecular flexibility index (Phi) is 9.38. The molecule has 1 nitrogen and oxygen atoms in total. The molecule has 6 aromatic rings. The maximum Gasteiger partial charge on any atom is 0.0713 e. The van der Waals surface area contributed by atoms with Gasteiger partial charge in [0.2, 0.25) is 0 Å². The summed E-state index contributed by atoms with van der Waals surface area (Å²) in [6, 6.07) is 54.8. The predicted molar refractivity (Wildman–Crippen MR) is 244 cm³/mol. The second-order valence-corrected chi connectivity index (χ2v) is 16.4. The van der Waals surface area contributed by atoms with Crippen molar-refractivity contribution in [2.75, 3.05) is 0 Å². The molecular weight excluding hydrogens is 699 g/mol. The lowest BCUT2D eigenvalue weighted by molar-refractivity contribution is 0.629. The zero-order valence-corrected chi connectivity index (χ0v) is 33.5. The van der Waals surface area contributed by atoms with Gasteiger partial charge in [-0.25, -0.2) is 0 Å². The van der Waals surface area contributed by atoms with Gasteiger partial charge in [0, 0.05) is 17.7 Å². The summed E-state index contributed by atoms with van der Waals surface area (Å²) in [6.45, 7) is 4.46. The lowest BCUT2D eigenvalue weighted by Crippen LogP contribution is -2.29. The van der Waals surface area contributed by atoms with Crippen molar-refractivity contribution in [1.29, 1.82) is 0 Å². The normalized spacial score (nSPS) is 19.0. The minimum absolute atomic E-state index is 0.235. The molecule has 2 atom stereocenters. The molecule has 0 saturated heterocycles. The van der Waals surface area contributed by atoms with E-state index in [4.69, 9.17) is 0 Å². The van der Waals surface area contributed by atoms with E-state index in [2.05, 4.69) is 213 Å². The molecule has 0 heterocycles. The Morgan fingerprint density at radius 2 is 1.28 bits per heavy atom. The van der Waals surface area contributed by atoms with Gasteiger partial charge in [-0.3, -0.25) is 0 Å². The Morgan fingerprint density at radius 1 is 0.569 bits per heavy atom. The Morgan fingerprint density at radius 3 is 2.03 bits per heavy atom. The first-order valence-electron chi connectivity index (χ1n) is 21.0. The summed E-state index contributed by atoms with van der Waals surface area (Å²) >= 11 is 0. The van der Waals surface area contributed by atoms with Crippen molar-refractivity contribution in [3.8, 4) is 22.3 Å². The molecule has 0 aromatic heterocycles. The van der Waals surface area contributed by atoms with Crippen LogP contribution in [-0.4, -0.2) is 6.04 Å². The van der Waals surface area contributed by atoms with Crippen molar-refractivity contribution < 1.29 is 0 Å². The summed E-state index contributed by atoms with van der Waals surface area (Å²) in [5, 5.41) is 3.92. The molecule has 0 spiro atoms. The highest BCUT2D eigenvalue weighted by molar-refractivity contribution is 5.87. The van der Waals surface area contributed by atoms with Gasteiger partial charge < -0.3 is 5.32 Å². The van der Waals surface area contributed by atoms with Gasteiger partial charge in [-0.1, -0.05) is 182 Å². The highest BCUT2D eigenvalue weighted by atomic mass is 14.9. The summed E-state index contributed by atoms with van der Waals surface area (Å²) in [5.41, 5.74) is 21.0. The Labute approximate surface area is 344 Å². The molecule has 0 amide bonds. The maximum absolute atomic E-state index is 3.92. The summed E-state index contributed by atoms with van der Waals surface area (Å²) in [5.74, 6) is 0.246. The molecule has 58 heavy (non-hydrogen) atoms. The third-order valence-electron chi connectivity index (χ3n) is 13.0. The zero-order valence-electron chi connectivity index (χ0n) is 33.5. The van der Waals surface area contributed by atoms with Crippen LogP contribution in [0, 0.1) is 13.8 Å². The molecular formula is C57H49N. The second kappa shape index (κ2) is 15.1. The number of nitrogens with one attached hydrogen (secondary N) is 1.